The number of amides is 1. The Morgan fingerprint density at radius 2 is 2.09 bits per heavy atom. The van der Waals surface area contributed by atoms with Crippen molar-refractivity contribution in [2.75, 3.05) is 27.2 Å². The van der Waals surface area contributed by atoms with Crippen molar-refractivity contribution in [3.63, 3.8) is 0 Å². The molecule has 4 aromatic rings. The number of para-hydroxylation sites is 1. The Hall–Kier alpha value is -3.25. The number of aryl methyl sites for hydroxylation is 1. The van der Waals surface area contributed by atoms with Crippen molar-refractivity contribution in [2.24, 2.45) is 0 Å². The number of halogens is 3. The van der Waals surface area contributed by atoms with Crippen molar-refractivity contribution in [3.05, 3.63) is 64.3 Å². The molecule has 1 amide bonds. The maximum Gasteiger partial charge on any atom is 0.437 e. The molecule has 3 aromatic heterocycles. The number of nitrogens with one attached hydrogen (secondary N) is 1. The zero-order valence-electron chi connectivity index (χ0n) is 19.1. The average molecular weight is 505 g/mol. The molecule has 4 heterocycles. The van der Waals surface area contributed by atoms with Crippen LogP contribution in [0.15, 0.2) is 35.0 Å². The van der Waals surface area contributed by atoms with E-state index < -0.39 is 29.6 Å². The van der Waals surface area contributed by atoms with Gasteiger partial charge in [-0.1, -0.05) is 12.1 Å². The van der Waals surface area contributed by atoms with E-state index in [1.165, 1.54) is 22.6 Å². The highest BCUT2D eigenvalue weighted by atomic mass is 32.1. The number of nitrogens with zero attached hydrogens (tertiary/aromatic N) is 5. The summed E-state index contributed by atoms with van der Waals surface area (Å²) < 4.78 is 48.0. The maximum absolute atomic E-state index is 13.9. The predicted octanol–water partition coefficient (Wildman–Crippen LogP) is 4.31. The molecule has 1 aliphatic heterocycles. The number of hydrogen-bond acceptors (Lipinski definition) is 7. The van der Waals surface area contributed by atoms with Crippen LogP contribution in [0.4, 0.5) is 13.2 Å². The van der Waals surface area contributed by atoms with Crippen LogP contribution in [0.1, 0.15) is 51.0 Å². The first kappa shape index (κ1) is 23.5. The first-order valence-corrected chi connectivity index (χ1v) is 11.9. The summed E-state index contributed by atoms with van der Waals surface area (Å²) in [4.78, 5) is 32.8. The van der Waals surface area contributed by atoms with Crippen LogP contribution in [0.5, 0.6) is 0 Å². The molecule has 0 saturated carbocycles. The van der Waals surface area contributed by atoms with Gasteiger partial charge in [0.2, 0.25) is 5.76 Å². The fourth-order valence-electron chi connectivity index (χ4n) is 4.20. The fourth-order valence-corrected chi connectivity index (χ4v) is 5.29. The molecule has 0 radical (unpaired) electrons. The Balaban J connectivity index is 1.60. The van der Waals surface area contributed by atoms with Crippen molar-refractivity contribution >= 4 is 27.5 Å². The Bertz CT molecular complexity index is 1330. The maximum atomic E-state index is 13.9. The molecule has 0 spiro atoms. The molecule has 0 unspecified atom stereocenters. The molecule has 8 nitrogen and oxygen atoms in total. The standard InChI is InChI=1S/C23H23F3N6O2S/c1-31(2)11-9-16-30-20(23(24,25)26)19(34-16)22(33)32-10-5-7-14-17(28-12-27-14)18(32)21-29-13-6-3-4-8-15(13)35-21/h3-4,6,8,12,18H,5,7,9-11H2,1-2H3,(H,27,28)/t18-/m0/s1. The third-order valence-electron chi connectivity index (χ3n) is 5.86. The summed E-state index contributed by atoms with van der Waals surface area (Å²) in [6.45, 7) is 0.648. The summed E-state index contributed by atoms with van der Waals surface area (Å²) in [6, 6.07) is 6.78. The van der Waals surface area contributed by atoms with E-state index in [2.05, 4.69) is 15.0 Å². The number of rotatable bonds is 5. The molecule has 1 N–H and O–H groups in total. The van der Waals surface area contributed by atoms with Gasteiger partial charge in [0.05, 0.1) is 22.2 Å². The van der Waals surface area contributed by atoms with Crippen LogP contribution in [0, 0.1) is 0 Å². The van der Waals surface area contributed by atoms with Crippen molar-refractivity contribution in [3.8, 4) is 0 Å². The second-order valence-corrected chi connectivity index (χ2v) is 9.69. The van der Waals surface area contributed by atoms with Gasteiger partial charge in [-0.15, -0.1) is 11.3 Å². The number of alkyl halides is 3. The Kier molecular flexibility index (Phi) is 6.09. The van der Waals surface area contributed by atoms with Gasteiger partial charge in [0.1, 0.15) is 11.0 Å². The third-order valence-corrected chi connectivity index (χ3v) is 6.95. The van der Waals surface area contributed by atoms with E-state index in [1.54, 1.807) is 19.0 Å². The number of aromatic amines is 1. The molecule has 0 aliphatic carbocycles. The molecular weight excluding hydrogens is 481 g/mol. The highest BCUT2D eigenvalue weighted by Gasteiger charge is 2.44. The van der Waals surface area contributed by atoms with Gasteiger partial charge >= 0.3 is 6.18 Å². The minimum atomic E-state index is -4.83. The van der Waals surface area contributed by atoms with Crippen molar-refractivity contribution in [1.82, 2.24) is 29.7 Å². The van der Waals surface area contributed by atoms with Gasteiger partial charge in [-0.2, -0.15) is 13.2 Å². The Labute approximate surface area is 202 Å². The SMILES string of the molecule is CN(C)CCc1nc(C(F)(F)F)c(C(=O)N2CCCc3[nH]cnc3[C@H]2c2nc3ccccc3s2)o1. The zero-order chi connectivity index (χ0) is 24.7. The van der Waals surface area contributed by atoms with Crippen molar-refractivity contribution in [1.29, 1.82) is 0 Å². The number of fused-ring (bicyclic) bond motifs is 2. The van der Waals surface area contributed by atoms with Gasteiger partial charge in [-0.25, -0.2) is 15.0 Å². The van der Waals surface area contributed by atoms with Gasteiger partial charge in [0, 0.05) is 25.2 Å². The topological polar surface area (TPSA) is 91.2 Å². The number of thiazole rings is 1. The number of oxazole rings is 1. The van der Waals surface area contributed by atoms with Gasteiger partial charge in [0.25, 0.3) is 5.91 Å². The molecule has 35 heavy (non-hydrogen) atoms. The van der Waals surface area contributed by atoms with Crippen LogP contribution in [0.2, 0.25) is 0 Å². The number of hydrogen-bond donors (Lipinski definition) is 1. The van der Waals surface area contributed by atoms with Crippen LogP contribution in [0.25, 0.3) is 10.2 Å². The molecule has 184 valence electrons. The van der Waals surface area contributed by atoms with Crippen LogP contribution in [-0.4, -0.2) is 62.8 Å². The van der Waals surface area contributed by atoms with Crippen LogP contribution in [0.3, 0.4) is 0 Å². The lowest BCUT2D eigenvalue weighted by Gasteiger charge is -2.27. The molecule has 12 heteroatoms. The largest absolute Gasteiger partial charge is 0.437 e. The first-order valence-electron chi connectivity index (χ1n) is 11.1. The van der Waals surface area contributed by atoms with E-state index in [0.717, 1.165) is 15.9 Å². The van der Waals surface area contributed by atoms with Crippen molar-refractivity contribution < 1.29 is 22.4 Å². The number of imidazole rings is 1. The summed E-state index contributed by atoms with van der Waals surface area (Å²) in [7, 11) is 3.59. The van der Waals surface area contributed by atoms with Crippen LogP contribution >= 0.6 is 11.3 Å². The molecule has 0 saturated heterocycles. The highest BCUT2D eigenvalue weighted by Crippen LogP contribution is 2.39. The number of carbonyl (C=O) groups excluding carboxylic acids is 1. The lowest BCUT2D eigenvalue weighted by molar-refractivity contribution is -0.141. The molecular formula is C23H23F3N6O2S. The summed E-state index contributed by atoms with van der Waals surface area (Å²) in [5.74, 6) is -1.79. The number of benzene rings is 1. The minimum absolute atomic E-state index is 0.124. The number of carbonyl (C=O) groups is 1. The van der Waals surface area contributed by atoms with Gasteiger partial charge < -0.3 is 19.2 Å². The van der Waals surface area contributed by atoms with E-state index in [1.807, 2.05) is 24.3 Å². The van der Waals surface area contributed by atoms with E-state index >= 15 is 0 Å². The monoisotopic (exact) mass is 504 g/mol. The molecule has 0 bridgehead atoms. The number of likely N-dealkylation sites (N-methyl/N-ethyl adjacent to an activating group) is 1. The predicted molar refractivity (Wildman–Crippen MR) is 123 cm³/mol. The molecule has 1 atom stereocenters. The second kappa shape index (κ2) is 9.08. The summed E-state index contributed by atoms with van der Waals surface area (Å²) in [6.07, 6.45) is -2.00. The van der Waals surface area contributed by atoms with Crippen LogP contribution < -0.4 is 0 Å². The van der Waals surface area contributed by atoms with E-state index in [0.29, 0.717) is 30.1 Å². The van der Waals surface area contributed by atoms with Gasteiger partial charge in [-0.05, 0) is 39.1 Å². The van der Waals surface area contributed by atoms with Crippen molar-refractivity contribution in [2.45, 2.75) is 31.5 Å². The summed E-state index contributed by atoms with van der Waals surface area (Å²) in [5, 5.41) is 0.579. The normalized spacial score (nSPS) is 16.6. The van der Waals surface area contributed by atoms with Gasteiger partial charge in [-0.3, -0.25) is 4.79 Å². The van der Waals surface area contributed by atoms with E-state index in [9.17, 15) is 18.0 Å². The smallest absolute Gasteiger partial charge is 0.435 e. The number of aromatic nitrogens is 4. The fraction of sp³-hybridized carbons (Fsp3) is 0.391. The summed E-state index contributed by atoms with van der Waals surface area (Å²) in [5.41, 5.74) is 0.870. The lowest BCUT2D eigenvalue weighted by atomic mass is 10.1. The van der Waals surface area contributed by atoms with E-state index in [-0.39, 0.29) is 18.9 Å². The first-order chi connectivity index (χ1) is 16.7. The quantitative estimate of drug-likeness (QED) is 0.436. The molecule has 1 aliphatic rings. The average Bonchev–Trinajstić information content (AvgIpc) is 3.52. The number of H-pyrrole nitrogens is 1. The second-order valence-electron chi connectivity index (χ2n) is 8.63. The molecule has 5 rings (SSSR count). The summed E-state index contributed by atoms with van der Waals surface area (Å²) >= 11 is 1.39. The highest BCUT2D eigenvalue weighted by molar-refractivity contribution is 7.18. The van der Waals surface area contributed by atoms with E-state index in [4.69, 9.17) is 9.40 Å². The zero-order valence-corrected chi connectivity index (χ0v) is 19.9. The Morgan fingerprint density at radius 3 is 2.83 bits per heavy atom. The van der Waals surface area contributed by atoms with Crippen LogP contribution in [-0.2, 0) is 19.0 Å². The lowest BCUT2D eigenvalue weighted by Crippen LogP contribution is -2.36. The third kappa shape index (κ3) is 4.55. The Morgan fingerprint density at radius 1 is 1.29 bits per heavy atom. The molecule has 0 fully saturated rings. The van der Waals surface area contributed by atoms with Gasteiger partial charge in [0.15, 0.2) is 11.6 Å². The molecule has 1 aromatic carbocycles. The minimum Gasteiger partial charge on any atom is -0.435 e.